The molecule has 0 aromatic heterocycles. The number of hydrogen-bond donors (Lipinski definition) is 1. The van der Waals surface area contributed by atoms with Gasteiger partial charge in [0.15, 0.2) is 0 Å². The highest BCUT2D eigenvalue weighted by molar-refractivity contribution is 7.99. The van der Waals surface area contributed by atoms with Gasteiger partial charge < -0.3 is 15.5 Å². The molecule has 3 rings (SSSR count). The van der Waals surface area contributed by atoms with E-state index in [9.17, 15) is 9.59 Å². The summed E-state index contributed by atoms with van der Waals surface area (Å²) in [6.07, 6.45) is 0.917. The van der Waals surface area contributed by atoms with Crippen LogP contribution < -0.4 is 5.73 Å². The molecule has 24 heavy (non-hydrogen) atoms. The van der Waals surface area contributed by atoms with E-state index in [1.807, 2.05) is 4.90 Å². The summed E-state index contributed by atoms with van der Waals surface area (Å²) in [5, 5.41) is 0.591. The molecular formula is C17H22ClN3O2S. The van der Waals surface area contributed by atoms with Crippen LogP contribution in [-0.4, -0.2) is 58.9 Å². The van der Waals surface area contributed by atoms with Crippen molar-refractivity contribution in [1.29, 1.82) is 0 Å². The van der Waals surface area contributed by atoms with Crippen molar-refractivity contribution in [2.24, 2.45) is 11.1 Å². The molecule has 2 saturated heterocycles. The quantitative estimate of drug-likeness (QED) is 0.887. The molecule has 2 aliphatic heterocycles. The molecule has 0 saturated carbocycles. The number of thioether (sulfide) groups is 1. The Hall–Kier alpha value is -1.24. The summed E-state index contributed by atoms with van der Waals surface area (Å²) in [7, 11) is 0. The molecule has 7 heteroatoms. The minimum atomic E-state index is -0.390. The van der Waals surface area contributed by atoms with Crippen molar-refractivity contribution in [2.75, 3.05) is 31.3 Å². The number of likely N-dealkylation sites (tertiary alicyclic amines) is 1. The second-order valence-electron chi connectivity index (χ2n) is 6.82. The average molecular weight is 368 g/mol. The van der Waals surface area contributed by atoms with Crippen LogP contribution >= 0.6 is 23.4 Å². The summed E-state index contributed by atoms with van der Waals surface area (Å²) in [6, 6.07) is 6.41. The molecule has 2 aliphatic rings. The van der Waals surface area contributed by atoms with Gasteiger partial charge in [0.05, 0.1) is 5.88 Å². The van der Waals surface area contributed by atoms with Crippen molar-refractivity contribution in [1.82, 2.24) is 9.80 Å². The van der Waals surface area contributed by atoms with Gasteiger partial charge in [-0.05, 0) is 42.6 Å². The van der Waals surface area contributed by atoms with E-state index < -0.39 is 6.04 Å². The summed E-state index contributed by atoms with van der Waals surface area (Å²) >= 11 is 7.50. The van der Waals surface area contributed by atoms with Crippen LogP contribution in [0.5, 0.6) is 0 Å². The number of carbonyl (C=O) groups is 2. The van der Waals surface area contributed by atoms with Gasteiger partial charge in [-0.3, -0.25) is 9.59 Å². The highest BCUT2D eigenvalue weighted by atomic mass is 35.5. The third-order valence-electron chi connectivity index (χ3n) is 4.88. The first-order valence-corrected chi connectivity index (χ1v) is 9.60. The lowest BCUT2D eigenvalue weighted by molar-refractivity contribution is -0.134. The fourth-order valence-electron chi connectivity index (χ4n) is 3.19. The number of benzene rings is 1. The summed E-state index contributed by atoms with van der Waals surface area (Å²) in [5.74, 6) is 1.11. The van der Waals surface area contributed by atoms with Crippen molar-refractivity contribution in [2.45, 2.75) is 19.4 Å². The molecule has 1 aromatic carbocycles. The maximum Gasteiger partial charge on any atom is 0.255 e. The zero-order chi connectivity index (χ0) is 17.3. The molecule has 2 unspecified atom stereocenters. The third-order valence-corrected chi connectivity index (χ3v) is 6.15. The number of amides is 2. The molecule has 2 atom stereocenters. The Morgan fingerprint density at radius 2 is 2.08 bits per heavy atom. The third kappa shape index (κ3) is 3.41. The molecule has 2 N–H and O–H groups in total. The minimum absolute atomic E-state index is 0.00751. The topological polar surface area (TPSA) is 66.6 Å². The maximum absolute atomic E-state index is 12.9. The zero-order valence-electron chi connectivity index (χ0n) is 13.7. The highest BCUT2D eigenvalue weighted by Crippen LogP contribution is 2.31. The molecule has 0 spiro atoms. The van der Waals surface area contributed by atoms with E-state index in [4.69, 9.17) is 17.3 Å². The van der Waals surface area contributed by atoms with Crippen LogP contribution in [-0.2, 0) is 4.79 Å². The number of nitrogens with two attached hydrogens (primary N) is 1. The van der Waals surface area contributed by atoms with Crippen molar-refractivity contribution in [3.63, 3.8) is 0 Å². The average Bonchev–Trinajstić information content (AvgIpc) is 3.22. The first kappa shape index (κ1) is 17.6. The minimum Gasteiger partial charge on any atom is -0.340 e. The van der Waals surface area contributed by atoms with E-state index in [0.29, 0.717) is 35.3 Å². The Balaban J connectivity index is 1.72. The molecule has 0 bridgehead atoms. The number of halogens is 1. The molecule has 0 radical (unpaired) electrons. The van der Waals surface area contributed by atoms with E-state index in [2.05, 4.69) is 6.92 Å². The smallest absolute Gasteiger partial charge is 0.255 e. The van der Waals surface area contributed by atoms with Gasteiger partial charge in [0.25, 0.3) is 5.91 Å². The molecular weight excluding hydrogens is 346 g/mol. The predicted octanol–water partition coefficient (Wildman–Crippen LogP) is 2.05. The number of hydrogen-bond acceptors (Lipinski definition) is 4. The van der Waals surface area contributed by atoms with Crippen molar-refractivity contribution >= 4 is 35.2 Å². The van der Waals surface area contributed by atoms with Gasteiger partial charge in [0, 0.05) is 29.4 Å². The van der Waals surface area contributed by atoms with Crippen LogP contribution in [0.4, 0.5) is 0 Å². The van der Waals surface area contributed by atoms with Crippen LogP contribution in [0.2, 0.25) is 5.02 Å². The van der Waals surface area contributed by atoms with Gasteiger partial charge >= 0.3 is 0 Å². The second-order valence-corrected chi connectivity index (χ2v) is 8.26. The van der Waals surface area contributed by atoms with Crippen LogP contribution in [0.25, 0.3) is 0 Å². The Kier molecular flexibility index (Phi) is 5.08. The number of nitrogens with zero attached hydrogens (tertiary/aromatic N) is 2. The fourth-order valence-corrected chi connectivity index (χ4v) is 4.47. The molecule has 2 amide bonds. The number of rotatable bonds is 3. The van der Waals surface area contributed by atoms with Crippen LogP contribution in [0.15, 0.2) is 24.3 Å². The van der Waals surface area contributed by atoms with Gasteiger partial charge in [-0.2, -0.15) is 0 Å². The zero-order valence-corrected chi connectivity index (χ0v) is 15.3. The van der Waals surface area contributed by atoms with Crippen LogP contribution in [0.1, 0.15) is 23.7 Å². The van der Waals surface area contributed by atoms with E-state index in [1.165, 1.54) is 0 Å². The van der Waals surface area contributed by atoms with Crippen LogP contribution in [0.3, 0.4) is 0 Å². The predicted molar refractivity (Wildman–Crippen MR) is 97.1 cm³/mol. The van der Waals surface area contributed by atoms with E-state index in [0.717, 1.165) is 13.0 Å². The molecule has 2 heterocycles. The fraction of sp³-hybridized carbons (Fsp3) is 0.529. The number of carbonyl (C=O) groups excluding carboxylic acids is 2. The SMILES string of the molecule is CC1(CN)CCN(C(=O)C2CSCN2C(=O)c2ccc(Cl)cc2)C1. The lowest BCUT2D eigenvalue weighted by Crippen LogP contribution is -2.49. The summed E-state index contributed by atoms with van der Waals surface area (Å²) in [6.45, 7) is 4.08. The molecule has 0 aliphatic carbocycles. The molecule has 2 fully saturated rings. The van der Waals surface area contributed by atoms with Gasteiger partial charge in [-0.15, -0.1) is 11.8 Å². The summed E-state index contributed by atoms with van der Waals surface area (Å²) < 4.78 is 0. The van der Waals surface area contributed by atoms with Crippen molar-refractivity contribution < 1.29 is 9.59 Å². The van der Waals surface area contributed by atoms with Gasteiger partial charge in [0.1, 0.15) is 6.04 Å². The van der Waals surface area contributed by atoms with E-state index in [1.54, 1.807) is 40.9 Å². The first-order chi connectivity index (χ1) is 11.4. The molecule has 130 valence electrons. The maximum atomic E-state index is 12.9. The highest BCUT2D eigenvalue weighted by Gasteiger charge is 2.42. The lowest BCUT2D eigenvalue weighted by Gasteiger charge is -2.28. The van der Waals surface area contributed by atoms with Crippen molar-refractivity contribution in [3.05, 3.63) is 34.9 Å². The second kappa shape index (κ2) is 6.94. The van der Waals surface area contributed by atoms with Crippen molar-refractivity contribution in [3.8, 4) is 0 Å². The van der Waals surface area contributed by atoms with Gasteiger partial charge in [-0.1, -0.05) is 18.5 Å². The lowest BCUT2D eigenvalue weighted by atomic mass is 9.90. The first-order valence-electron chi connectivity index (χ1n) is 8.07. The molecule has 5 nitrogen and oxygen atoms in total. The van der Waals surface area contributed by atoms with Crippen LogP contribution in [0, 0.1) is 5.41 Å². The van der Waals surface area contributed by atoms with Gasteiger partial charge in [-0.25, -0.2) is 0 Å². The normalized spacial score (nSPS) is 26.9. The van der Waals surface area contributed by atoms with Gasteiger partial charge in [0.2, 0.25) is 5.91 Å². The van der Waals surface area contributed by atoms with E-state index in [-0.39, 0.29) is 17.2 Å². The molecule has 1 aromatic rings. The van der Waals surface area contributed by atoms with E-state index >= 15 is 0 Å². The Morgan fingerprint density at radius 1 is 1.38 bits per heavy atom. The Morgan fingerprint density at radius 3 is 2.71 bits per heavy atom. The Labute approximate surface area is 151 Å². The standard InChI is InChI=1S/C17H22ClN3O2S/c1-17(9-19)6-7-20(10-17)16(23)14-8-24-11-21(14)15(22)12-2-4-13(18)5-3-12/h2-5,14H,6-11,19H2,1H3. The largest absolute Gasteiger partial charge is 0.340 e. The monoisotopic (exact) mass is 367 g/mol. The Bertz CT molecular complexity index is 639. The summed E-state index contributed by atoms with van der Waals surface area (Å²) in [4.78, 5) is 29.2. The summed E-state index contributed by atoms with van der Waals surface area (Å²) in [5.41, 5.74) is 6.39.